The highest BCUT2D eigenvalue weighted by Gasteiger charge is 2.16. The molecule has 0 atom stereocenters. The van der Waals surface area contributed by atoms with Crippen LogP contribution in [-0.4, -0.2) is 51.1 Å². The molecule has 0 aliphatic carbocycles. The number of ether oxygens (including phenoxy) is 2. The maximum atomic E-state index is 12.8. The van der Waals surface area contributed by atoms with E-state index in [1.807, 2.05) is 0 Å². The molecule has 6 aromatic rings. The molecule has 0 aliphatic rings. The molecular weight excluding hydrogens is 464 g/mol. The van der Waals surface area contributed by atoms with Crippen LogP contribution in [-0.2, 0) is 0 Å². The topological polar surface area (TPSA) is 139 Å². The predicted octanol–water partition coefficient (Wildman–Crippen LogP) is 2.77. The van der Waals surface area contributed by atoms with E-state index in [4.69, 9.17) is 9.47 Å². The van der Waals surface area contributed by atoms with E-state index in [0.717, 1.165) is 10.8 Å². The first kappa shape index (κ1) is 21.3. The van der Waals surface area contributed by atoms with Crippen LogP contribution in [0.15, 0.2) is 61.2 Å². The fraction of sp³-hybridized carbons (Fsp3) is 0.0833. The van der Waals surface area contributed by atoms with Gasteiger partial charge in [0.05, 0.1) is 11.1 Å². The Morgan fingerprint density at radius 3 is 1.56 bits per heavy atom. The van der Waals surface area contributed by atoms with Crippen molar-refractivity contribution in [2.45, 2.75) is 13.8 Å². The van der Waals surface area contributed by atoms with E-state index in [1.165, 1.54) is 21.7 Å². The minimum Gasteiger partial charge on any atom is -0.404 e. The smallest absolute Gasteiger partial charge is 0.344 e. The molecule has 6 rings (SSSR count). The van der Waals surface area contributed by atoms with Gasteiger partial charge in [-0.2, -0.15) is 29.2 Å². The molecule has 0 aliphatic heterocycles. The molecule has 0 radical (unpaired) electrons. The van der Waals surface area contributed by atoms with Gasteiger partial charge < -0.3 is 9.47 Å². The van der Waals surface area contributed by atoms with Crippen LogP contribution in [0.4, 0.5) is 0 Å². The molecule has 4 heterocycles. The Balaban J connectivity index is 1.25. The van der Waals surface area contributed by atoms with Crippen molar-refractivity contribution < 1.29 is 19.1 Å². The van der Waals surface area contributed by atoms with Gasteiger partial charge in [0.2, 0.25) is 11.8 Å². The second-order valence-electron chi connectivity index (χ2n) is 7.97. The Bertz CT molecular complexity index is 1690. The lowest BCUT2D eigenvalue weighted by Gasteiger charge is -2.09. The first-order valence-corrected chi connectivity index (χ1v) is 10.8. The first-order chi connectivity index (χ1) is 17.4. The molecule has 12 nitrogen and oxygen atoms in total. The van der Waals surface area contributed by atoms with E-state index in [-0.39, 0.29) is 11.8 Å². The average molecular weight is 480 g/mol. The highest BCUT2D eigenvalue weighted by atomic mass is 16.5. The summed E-state index contributed by atoms with van der Waals surface area (Å²) in [6, 6.07) is 13.3. The van der Waals surface area contributed by atoms with E-state index in [9.17, 15) is 9.59 Å². The summed E-state index contributed by atoms with van der Waals surface area (Å²) in [7, 11) is 0. The maximum Gasteiger partial charge on any atom is 0.344 e. The zero-order chi connectivity index (χ0) is 24.8. The second-order valence-corrected chi connectivity index (χ2v) is 7.97. The summed E-state index contributed by atoms with van der Waals surface area (Å²) in [5.74, 6) is -0.0261. The Labute approximate surface area is 202 Å². The van der Waals surface area contributed by atoms with Crippen molar-refractivity contribution in [1.29, 1.82) is 0 Å². The van der Waals surface area contributed by atoms with Crippen LogP contribution < -0.4 is 9.47 Å². The van der Waals surface area contributed by atoms with Crippen LogP contribution in [0.3, 0.4) is 0 Å². The number of benzene rings is 2. The Hall–Kier alpha value is -5.26. The molecule has 2 aromatic carbocycles. The standard InChI is InChI=1S/C24H16N8O4/c1-13-7-19(31-23(29-13)25-11-27-31)35-21(33)17-5-3-16-10-18(6-4-15(16)9-17)22(34)36-20-8-14(2)30-24-26-12-28-32(20)24/h3-12H,1-2H3. The van der Waals surface area contributed by atoms with Gasteiger partial charge >= 0.3 is 11.9 Å². The number of nitrogens with zero attached hydrogens (tertiary/aromatic N) is 8. The summed E-state index contributed by atoms with van der Waals surface area (Å²) in [6.45, 7) is 3.55. The largest absolute Gasteiger partial charge is 0.404 e. The number of aromatic nitrogens is 8. The molecule has 176 valence electrons. The number of esters is 2. The molecule has 0 N–H and O–H groups in total. The fourth-order valence-electron chi connectivity index (χ4n) is 3.75. The summed E-state index contributed by atoms with van der Waals surface area (Å²) in [5.41, 5.74) is 1.95. The van der Waals surface area contributed by atoms with E-state index in [0.29, 0.717) is 34.1 Å². The monoisotopic (exact) mass is 480 g/mol. The SMILES string of the molecule is Cc1cc(OC(=O)c2ccc3cc(C(=O)Oc4cc(C)nc5ncnn45)ccc3c2)n2ncnc2n1. The third kappa shape index (κ3) is 3.76. The lowest BCUT2D eigenvalue weighted by molar-refractivity contribution is 0.0713. The van der Waals surface area contributed by atoms with Gasteiger partial charge in [0.1, 0.15) is 12.7 Å². The second kappa shape index (κ2) is 8.20. The molecule has 0 unspecified atom stereocenters. The number of carbonyl (C=O) groups excluding carboxylic acids is 2. The van der Waals surface area contributed by atoms with E-state index in [1.54, 1.807) is 62.4 Å². The van der Waals surface area contributed by atoms with Gasteiger partial charge in [0.15, 0.2) is 0 Å². The molecule has 12 heteroatoms. The van der Waals surface area contributed by atoms with Crippen LogP contribution in [0.5, 0.6) is 11.8 Å². The number of aryl methyl sites for hydroxylation is 2. The fourth-order valence-corrected chi connectivity index (χ4v) is 3.75. The number of carbonyl (C=O) groups is 2. The van der Waals surface area contributed by atoms with Crippen molar-refractivity contribution in [3.05, 3.63) is 83.7 Å². The molecule has 0 amide bonds. The minimum atomic E-state index is -0.562. The van der Waals surface area contributed by atoms with Crippen LogP contribution in [0.25, 0.3) is 22.3 Å². The third-order valence-corrected chi connectivity index (χ3v) is 5.40. The zero-order valence-electron chi connectivity index (χ0n) is 19.0. The van der Waals surface area contributed by atoms with Crippen LogP contribution in [0.1, 0.15) is 32.1 Å². The highest BCUT2D eigenvalue weighted by Crippen LogP contribution is 2.22. The molecule has 4 aromatic heterocycles. The van der Waals surface area contributed by atoms with Gasteiger partial charge in [0.25, 0.3) is 11.6 Å². The molecule has 0 fully saturated rings. The number of fused-ring (bicyclic) bond motifs is 3. The molecule has 0 saturated carbocycles. The molecule has 0 saturated heterocycles. The normalized spacial score (nSPS) is 11.3. The van der Waals surface area contributed by atoms with Gasteiger partial charge in [0, 0.05) is 23.5 Å². The summed E-state index contributed by atoms with van der Waals surface area (Å²) in [4.78, 5) is 42.2. The number of hydrogen-bond donors (Lipinski definition) is 0. The summed E-state index contributed by atoms with van der Waals surface area (Å²) < 4.78 is 13.8. The van der Waals surface area contributed by atoms with Crippen molar-refractivity contribution in [2.24, 2.45) is 0 Å². The zero-order valence-corrected chi connectivity index (χ0v) is 19.0. The van der Waals surface area contributed by atoms with Crippen molar-refractivity contribution in [2.75, 3.05) is 0 Å². The van der Waals surface area contributed by atoms with Crippen molar-refractivity contribution in [3.63, 3.8) is 0 Å². The number of rotatable bonds is 4. The van der Waals surface area contributed by atoms with Gasteiger partial charge in [-0.05, 0) is 48.9 Å². The molecule has 0 spiro atoms. The quantitative estimate of drug-likeness (QED) is 0.346. The highest BCUT2D eigenvalue weighted by molar-refractivity contribution is 5.99. The summed E-state index contributed by atoms with van der Waals surface area (Å²) >= 11 is 0. The van der Waals surface area contributed by atoms with E-state index >= 15 is 0 Å². The molecule has 0 bridgehead atoms. The summed E-state index contributed by atoms with van der Waals surface area (Å²) in [5, 5.41) is 9.57. The van der Waals surface area contributed by atoms with Crippen LogP contribution >= 0.6 is 0 Å². The van der Waals surface area contributed by atoms with E-state index in [2.05, 4.69) is 30.1 Å². The maximum absolute atomic E-state index is 12.8. The lowest BCUT2D eigenvalue weighted by atomic mass is 10.0. The minimum absolute atomic E-state index is 0.214. The molecule has 36 heavy (non-hydrogen) atoms. The Morgan fingerprint density at radius 1 is 0.667 bits per heavy atom. The summed E-state index contributed by atoms with van der Waals surface area (Å²) in [6.07, 6.45) is 2.67. The Kier molecular flexibility index (Phi) is 4.85. The van der Waals surface area contributed by atoms with Gasteiger partial charge in [-0.1, -0.05) is 12.1 Å². The van der Waals surface area contributed by atoms with Gasteiger partial charge in [-0.3, -0.25) is 0 Å². The number of hydrogen-bond acceptors (Lipinski definition) is 10. The molecular formula is C24H16N8O4. The third-order valence-electron chi connectivity index (χ3n) is 5.40. The Morgan fingerprint density at radius 2 is 1.11 bits per heavy atom. The van der Waals surface area contributed by atoms with Gasteiger partial charge in [-0.25, -0.2) is 19.6 Å². The van der Waals surface area contributed by atoms with Crippen molar-refractivity contribution in [3.8, 4) is 11.8 Å². The van der Waals surface area contributed by atoms with Crippen LogP contribution in [0, 0.1) is 13.8 Å². The lowest BCUT2D eigenvalue weighted by Crippen LogP contribution is -2.13. The van der Waals surface area contributed by atoms with Crippen molar-refractivity contribution in [1.82, 2.24) is 39.2 Å². The average Bonchev–Trinajstić information content (AvgIpc) is 3.53. The predicted molar refractivity (Wildman–Crippen MR) is 125 cm³/mol. The van der Waals surface area contributed by atoms with E-state index < -0.39 is 11.9 Å². The van der Waals surface area contributed by atoms with Gasteiger partial charge in [-0.15, -0.1) is 0 Å². The van der Waals surface area contributed by atoms with Crippen LogP contribution in [0.2, 0.25) is 0 Å². The van der Waals surface area contributed by atoms with Crippen molar-refractivity contribution >= 4 is 34.3 Å². The first-order valence-electron chi connectivity index (χ1n) is 10.8.